The summed E-state index contributed by atoms with van der Waals surface area (Å²) in [6.45, 7) is 1.82. The van der Waals surface area contributed by atoms with Crippen LogP contribution in [0.3, 0.4) is 0 Å². The number of fused-ring (bicyclic) bond motifs is 1. The van der Waals surface area contributed by atoms with Crippen LogP contribution < -0.4 is 10.6 Å². The van der Waals surface area contributed by atoms with Gasteiger partial charge in [-0.1, -0.05) is 12.1 Å². The smallest absolute Gasteiger partial charge is 0.148 e. The van der Waals surface area contributed by atoms with Crippen molar-refractivity contribution in [2.24, 2.45) is 5.73 Å². The topological polar surface area (TPSA) is 88.1 Å². The van der Waals surface area contributed by atoms with E-state index in [4.69, 9.17) is 15.9 Å². The first-order chi connectivity index (χ1) is 9.24. The van der Waals surface area contributed by atoms with E-state index in [2.05, 4.69) is 14.9 Å². The Morgan fingerprint density at radius 1 is 1.37 bits per heavy atom. The summed E-state index contributed by atoms with van der Waals surface area (Å²) in [7, 11) is 0. The Bertz CT molecular complexity index is 615. The fraction of sp³-hybridized carbons (Fsp3) is 0.308. The van der Waals surface area contributed by atoms with Crippen LogP contribution in [-0.4, -0.2) is 41.6 Å². The molecule has 1 aromatic carbocycles. The number of hydrogen-bond acceptors (Lipinski definition) is 5. The minimum absolute atomic E-state index is 0.0541. The second-order valence-corrected chi connectivity index (χ2v) is 4.48. The lowest BCUT2D eigenvalue weighted by Crippen LogP contribution is -2.48. The van der Waals surface area contributed by atoms with Gasteiger partial charge in [0.2, 0.25) is 0 Å². The van der Waals surface area contributed by atoms with Gasteiger partial charge in [0.05, 0.1) is 30.4 Å². The third-order valence-corrected chi connectivity index (χ3v) is 3.17. The highest BCUT2D eigenvalue weighted by Crippen LogP contribution is 2.17. The monoisotopic (exact) mass is 257 g/mol. The molecule has 0 amide bonds. The molecule has 1 fully saturated rings. The number of morpholine rings is 1. The number of para-hydroxylation sites is 2. The van der Waals surface area contributed by atoms with Gasteiger partial charge in [-0.05, 0) is 12.1 Å². The first-order valence-electron chi connectivity index (χ1n) is 6.16. The molecule has 19 heavy (non-hydrogen) atoms. The number of anilines is 1. The van der Waals surface area contributed by atoms with Crippen molar-refractivity contribution in [1.29, 1.82) is 5.41 Å². The van der Waals surface area contributed by atoms with E-state index in [1.807, 2.05) is 24.3 Å². The highest BCUT2D eigenvalue weighted by atomic mass is 16.5. The van der Waals surface area contributed by atoms with Crippen LogP contribution >= 0.6 is 0 Å². The Labute approximate surface area is 110 Å². The highest BCUT2D eigenvalue weighted by molar-refractivity contribution is 5.82. The summed E-state index contributed by atoms with van der Waals surface area (Å²) in [6.07, 6.45) is 1.40. The lowest BCUT2D eigenvalue weighted by atomic mass is 10.2. The summed E-state index contributed by atoms with van der Waals surface area (Å²) in [5.41, 5.74) is 7.24. The van der Waals surface area contributed by atoms with Gasteiger partial charge in [-0.2, -0.15) is 0 Å². The summed E-state index contributed by atoms with van der Waals surface area (Å²) in [6, 6.07) is 7.76. The Morgan fingerprint density at radius 3 is 2.95 bits per heavy atom. The molecule has 0 radical (unpaired) electrons. The second kappa shape index (κ2) is 4.81. The molecular formula is C13H15N5O. The maximum atomic E-state index is 7.46. The van der Waals surface area contributed by atoms with Crippen LogP contribution in [0.25, 0.3) is 11.0 Å². The van der Waals surface area contributed by atoms with Crippen LogP contribution in [0.5, 0.6) is 0 Å². The van der Waals surface area contributed by atoms with Gasteiger partial charge in [0.1, 0.15) is 17.8 Å². The zero-order chi connectivity index (χ0) is 13.2. The molecule has 0 spiro atoms. The van der Waals surface area contributed by atoms with E-state index in [0.29, 0.717) is 13.2 Å². The van der Waals surface area contributed by atoms with Crippen molar-refractivity contribution >= 4 is 22.7 Å². The lowest BCUT2D eigenvalue weighted by Gasteiger charge is -2.32. The molecule has 6 nitrogen and oxygen atoms in total. The molecule has 2 aromatic rings. The average Bonchev–Trinajstić information content (AvgIpc) is 2.47. The Hall–Kier alpha value is -2.21. The fourth-order valence-corrected chi connectivity index (χ4v) is 2.15. The molecule has 1 aliphatic rings. The Kier molecular flexibility index (Phi) is 3.00. The number of nitrogens with two attached hydrogens (primary N) is 1. The van der Waals surface area contributed by atoms with Crippen LogP contribution in [-0.2, 0) is 4.74 Å². The molecule has 1 atom stereocenters. The van der Waals surface area contributed by atoms with E-state index in [0.717, 1.165) is 23.4 Å². The van der Waals surface area contributed by atoms with Crippen LogP contribution in [0.1, 0.15) is 0 Å². The van der Waals surface area contributed by atoms with Gasteiger partial charge in [0.25, 0.3) is 0 Å². The van der Waals surface area contributed by atoms with E-state index in [1.165, 1.54) is 0 Å². The fourth-order valence-electron chi connectivity index (χ4n) is 2.15. The third kappa shape index (κ3) is 2.34. The maximum absolute atomic E-state index is 7.46. The van der Waals surface area contributed by atoms with Gasteiger partial charge >= 0.3 is 0 Å². The van der Waals surface area contributed by atoms with E-state index in [9.17, 15) is 0 Å². The first kappa shape index (κ1) is 11.9. The predicted molar refractivity (Wildman–Crippen MR) is 73.4 cm³/mol. The number of nitrogens with one attached hydrogen (secondary N) is 1. The summed E-state index contributed by atoms with van der Waals surface area (Å²) >= 11 is 0. The van der Waals surface area contributed by atoms with Gasteiger partial charge < -0.3 is 15.4 Å². The summed E-state index contributed by atoms with van der Waals surface area (Å²) in [5, 5.41) is 7.46. The van der Waals surface area contributed by atoms with E-state index in [-0.39, 0.29) is 11.9 Å². The average molecular weight is 257 g/mol. The van der Waals surface area contributed by atoms with E-state index >= 15 is 0 Å². The molecule has 1 aromatic heterocycles. The van der Waals surface area contributed by atoms with Crippen LogP contribution in [0, 0.1) is 5.41 Å². The molecule has 0 bridgehead atoms. The molecule has 6 heteroatoms. The number of ether oxygens (including phenoxy) is 1. The van der Waals surface area contributed by atoms with Gasteiger partial charge in [-0.25, -0.2) is 4.98 Å². The molecular weight excluding hydrogens is 242 g/mol. The van der Waals surface area contributed by atoms with Gasteiger partial charge in [-0.15, -0.1) is 0 Å². The van der Waals surface area contributed by atoms with Crippen molar-refractivity contribution in [3.63, 3.8) is 0 Å². The van der Waals surface area contributed by atoms with Crippen LogP contribution in [0.15, 0.2) is 30.5 Å². The first-order valence-corrected chi connectivity index (χ1v) is 6.16. The third-order valence-electron chi connectivity index (χ3n) is 3.17. The van der Waals surface area contributed by atoms with Gasteiger partial charge in [-0.3, -0.25) is 10.4 Å². The number of aromatic nitrogens is 2. The van der Waals surface area contributed by atoms with E-state index < -0.39 is 0 Å². The van der Waals surface area contributed by atoms with Crippen molar-refractivity contribution in [1.82, 2.24) is 9.97 Å². The number of nitrogens with zero attached hydrogens (tertiary/aromatic N) is 3. The van der Waals surface area contributed by atoms with Crippen molar-refractivity contribution in [2.45, 2.75) is 6.10 Å². The number of hydrogen-bond donors (Lipinski definition) is 2. The lowest BCUT2D eigenvalue weighted by molar-refractivity contribution is 0.0823. The van der Waals surface area contributed by atoms with Gasteiger partial charge in [0.15, 0.2) is 0 Å². The van der Waals surface area contributed by atoms with Crippen molar-refractivity contribution < 1.29 is 4.74 Å². The maximum Gasteiger partial charge on any atom is 0.148 e. The molecule has 1 saturated heterocycles. The Morgan fingerprint density at radius 2 is 2.16 bits per heavy atom. The molecule has 0 saturated carbocycles. The zero-order valence-electron chi connectivity index (χ0n) is 10.4. The quantitative estimate of drug-likeness (QED) is 0.613. The normalized spacial score (nSPS) is 19.6. The second-order valence-electron chi connectivity index (χ2n) is 4.48. The van der Waals surface area contributed by atoms with Crippen molar-refractivity contribution in [3.05, 3.63) is 30.5 Å². The van der Waals surface area contributed by atoms with Crippen LogP contribution in [0.4, 0.5) is 5.82 Å². The Balaban J connectivity index is 1.89. The minimum atomic E-state index is -0.359. The predicted octanol–water partition coefficient (Wildman–Crippen LogP) is 0.771. The zero-order valence-corrected chi connectivity index (χ0v) is 10.4. The molecule has 98 valence electrons. The number of benzene rings is 1. The molecule has 3 N–H and O–H groups in total. The minimum Gasteiger partial charge on any atom is -0.385 e. The van der Waals surface area contributed by atoms with E-state index in [1.54, 1.807) is 6.20 Å². The molecule has 1 aliphatic heterocycles. The van der Waals surface area contributed by atoms with Gasteiger partial charge in [0, 0.05) is 6.54 Å². The summed E-state index contributed by atoms with van der Waals surface area (Å²) in [5.74, 6) is 0.853. The largest absolute Gasteiger partial charge is 0.385 e. The summed E-state index contributed by atoms with van der Waals surface area (Å²) in [4.78, 5) is 11.0. The standard InChI is InChI=1S/C13H15N5O/c14-13(15)11-8-18(5-6-19-11)12-7-16-9-3-1-2-4-10(9)17-12/h1-4,7,11H,5-6,8H2,(H3,14,15). The molecule has 2 heterocycles. The van der Waals surface area contributed by atoms with Crippen molar-refractivity contribution in [2.75, 3.05) is 24.6 Å². The SMILES string of the molecule is N=C(N)C1CN(c2cnc3ccccc3n2)CCO1. The number of rotatable bonds is 2. The molecule has 0 aliphatic carbocycles. The molecule has 1 unspecified atom stereocenters. The van der Waals surface area contributed by atoms with Crippen molar-refractivity contribution in [3.8, 4) is 0 Å². The molecule has 3 rings (SSSR count). The highest BCUT2D eigenvalue weighted by Gasteiger charge is 2.23. The van der Waals surface area contributed by atoms with Crippen LogP contribution in [0.2, 0.25) is 0 Å². The number of amidine groups is 1. The summed E-state index contributed by atoms with van der Waals surface area (Å²) < 4.78 is 5.44.